The number of nitrogens with one attached hydrogen (secondary N) is 1. The lowest BCUT2D eigenvalue weighted by Gasteiger charge is -2.44. The fourth-order valence-electron chi connectivity index (χ4n) is 3.94. The van der Waals surface area contributed by atoms with Gasteiger partial charge in [0.1, 0.15) is 11.5 Å². The molecule has 0 saturated carbocycles. The van der Waals surface area contributed by atoms with Crippen LogP contribution in [0.3, 0.4) is 0 Å². The molecule has 1 aliphatic rings. The number of nitrogens with zero attached hydrogens (tertiary/aromatic N) is 4. The number of ether oxygens (including phenoxy) is 1. The number of carbonyl (C=O) groups is 1. The zero-order chi connectivity index (χ0) is 26.9. The van der Waals surface area contributed by atoms with E-state index in [1.165, 1.54) is 25.3 Å². The normalized spacial score (nSPS) is 18.8. The van der Waals surface area contributed by atoms with E-state index in [-0.39, 0.29) is 47.7 Å². The first-order valence-electron chi connectivity index (χ1n) is 10.7. The predicted octanol–water partition coefficient (Wildman–Crippen LogP) is 2.85. The van der Waals surface area contributed by atoms with Gasteiger partial charge in [0, 0.05) is 29.5 Å². The lowest BCUT2D eigenvalue weighted by molar-refractivity contribution is 0.0253. The van der Waals surface area contributed by atoms with Gasteiger partial charge in [-0.15, -0.1) is 0 Å². The fourth-order valence-corrected chi connectivity index (χ4v) is 5.99. The molecule has 15 heteroatoms. The number of rotatable bonds is 8. The summed E-state index contributed by atoms with van der Waals surface area (Å²) in [4.78, 5) is 21.2. The molecular weight excluding hydrogens is 518 g/mol. The zero-order valence-electron chi connectivity index (χ0n) is 20.2. The number of hydrogen-bond donors (Lipinski definition) is 3. The van der Waals surface area contributed by atoms with Gasteiger partial charge < -0.3 is 15.6 Å². The van der Waals surface area contributed by atoms with Crippen LogP contribution in [0.4, 0.5) is 19.4 Å². The molecule has 0 aliphatic carbocycles. The molecule has 36 heavy (non-hydrogen) atoms. The maximum Gasteiger partial charge on any atom is 0.409 e. The second-order valence-corrected chi connectivity index (χ2v) is 11.8. The minimum absolute atomic E-state index is 0.0113. The van der Waals surface area contributed by atoms with Crippen molar-refractivity contribution in [2.75, 3.05) is 24.9 Å². The largest absolute Gasteiger partial charge is 0.481 e. The number of halogens is 2. The maximum atomic E-state index is 14.0. The summed E-state index contributed by atoms with van der Waals surface area (Å²) in [7, 11) is -2.86. The molecule has 1 aromatic carbocycles. The number of hydrogen-bond acceptors (Lipinski definition) is 8. The van der Waals surface area contributed by atoms with E-state index in [9.17, 15) is 27.1 Å². The Kier molecular flexibility index (Phi) is 7.98. The van der Waals surface area contributed by atoms with Crippen molar-refractivity contribution >= 4 is 33.9 Å². The number of thioether (sulfide) groups is 1. The Bertz CT molecular complexity index is 1240. The first-order valence-corrected chi connectivity index (χ1v) is 13.2. The lowest BCUT2D eigenvalue weighted by Crippen LogP contribution is -2.65. The van der Waals surface area contributed by atoms with Crippen LogP contribution in [0.1, 0.15) is 32.8 Å². The average molecular weight is 547 g/mol. The van der Waals surface area contributed by atoms with Gasteiger partial charge in [0.25, 0.3) is 0 Å². The van der Waals surface area contributed by atoms with E-state index in [1.807, 2.05) is 0 Å². The van der Waals surface area contributed by atoms with E-state index in [0.29, 0.717) is 0 Å². The second kappa shape index (κ2) is 10.3. The molecule has 1 atom stereocenters. The quantitative estimate of drug-likeness (QED) is 0.258. The van der Waals surface area contributed by atoms with E-state index in [0.717, 1.165) is 27.0 Å². The standard InChI is InChI=1S/C21H28F2N6O5S2/c1-20(2,3)29(19(30)31)21(24)8-9-28(12-21)36(32,33)27-15-10-16(34-4)26-18(25-15)35-11-13-6-5-7-14(22)17(13)23/h5-7,10H,8-9,11-12,24H2,1-4H3,(H,30,31)(H,25,26,27)/t21-/m0/s1. The summed E-state index contributed by atoms with van der Waals surface area (Å²) in [5.41, 5.74) is 4.16. The number of methoxy groups -OCH3 is 1. The van der Waals surface area contributed by atoms with Gasteiger partial charge in [-0.2, -0.15) is 17.7 Å². The van der Waals surface area contributed by atoms with Crippen LogP contribution in [0.5, 0.6) is 5.88 Å². The minimum Gasteiger partial charge on any atom is -0.481 e. The molecule has 11 nitrogen and oxygen atoms in total. The van der Waals surface area contributed by atoms with Gasteiger partial charge in [-0.3, -0.25) is 9.62 Å². The molecule has 198 valence electrons. The number of aromatic nitrogens is 2. The summed E-state index contributed by atoms with van der Waals surface area (Å²) >= 11 is 0.959. The monoisotopic (exact) mass is 546 g/mol. The Morgan fingerprint density at radius 2 is 2.06 bits per heavy atom. The van der Waals surface area contributed by atoms with Gasteiger partial charge in [-0.05, 0) is 33.3 Å². The molecule has 2 aromatic rings. The Balaban J connectivity index is 1.79. The SMILES string of the molecule is COc1cc(NS(=O)(=O)N2CC[C@](N)(N(C(=O)O)C(C)(C)C)C2)nc(SCc2cccc(F)c2F)n1. The summed E-state index contributed by atoms with van der Waals surface area (Å²) in [5, 5.41) is 9.76. The predicted molar refractivity (Wildman–Crippen MR) is 130 cm³/mol. The van der Waals surface area contributed by atoms with E-state index < -0.39 is 39.1 Å². The Morgan fingerprint density at radius 1 is 1.36 bits per heavy atom. The molecule has 0 spiro atoms. The van der Waals surface area contributed by atoms with Gasteiger partial charge >= 0.3 is 16.3 Å². The van der Waals surface area contributed by atoms with Crippen molar-refractivity contribution in [2.24, 2.45) is 5.73 Å². The smallest absolute Gasteiger partial charge is 0.409 e. The van der Waals surface area contributed by atoms with Gasteiger partial charge in [0.15, 0.2) is 16.8 Å². The first kappa shape index (κ1) is 27.8. The van der Waals surface area contributed by atoms with Gasteiger partial charge in [0.05, 0.1) is 13.7 Å². The molecule has 3 rings (SSSR count). The highest BCUT2D eigenvalue weighted by atomic mass is 32.2. The van der Waals surface area contributed by atoms with E-state index in [1.54, 1.807) is 20.8 Å². The van der Waals surface area contributed by atoms with Crippen LogP contribution in [0.25, 0.3) is 0 Å². The molecule has 1 fully saturated rings. The molecule has 2 heterocycles. The lowest BCUT2D eigenvalue weighted by atomic mass is 9.99. The topological polar surface area (TPSA) is 151 Å². The van der Waals surface area contributed by atoms with Crippen molar-refractivity contribution in [1.82, 2.24) is 19.2 Å². The van der Waals surface area contributed by atoms with Crippen LogP contribution in [0.2, 0.25) is 0 Å². The highest BCUT2D eigenvalue weighted by Crippen LogP contribution is 2.32. The Hall–Kier alpha value is -2.75. The molecule has 0 unspecified atom stereocenters. The molecule has 1 aromatic heterocycles. The average Bonchev–Trinajstić information content (AvgIpc) is 3.16. The molecule has 1 amide bonds. The molecule has 0 radical (unpaired) electrons. The van der Waals surface area contributed by atoms with Crippen molar-refractivity contribution in [3.05, 3.63) is 41.5 Å². The number of benzene rings is 1. The van der Waals surface area contributed by atoms with Crippen molar-refractivity contribution < 1.29 is 31.8 Å². The van der Waals surface area contributed by atoms with Crippen molar-refractivity contribution in [1.29, 1.82) is 0 Å². The van der Waals surface area contributed by atoms with Gasteiger partial charge in [0.2, 0.25) is 5.88 Å². The second-order valence-electron chi connectivity index (χ2n) is 9.16. The first-order chi connectivity index (χ1) is 16.7. The van der Waals surface area contributed by atoms with Crippen molar-refractivity contribution in [2.45, 2.75) is 49.3 Å². The fraction of sp³-hybridized carbons (Fsp3) is 0.476. The summed E-state index contributed by atoms with van der Waals surface area (Å²) in [5.74, 6) is -2.06. The summed E-state index contributed by atoms with van der Waals surface area (Å²) in [6.07, 6.45) is -1.17. The van der Waals surface area contributed by atoms with Gasteiger partial charge in [-0.1, -0.05) is 23.9 Å². The van der Waals surface area contributed by atoms with Gasteiger partial charge in [-0.25, -0.2) is 18.6 Å². The number of carboxylic acid groups (broad SMARTS) is 1. The van der Waals surface area contributed by atoms with E-state index in [4.69, 9.17) is 10.5 Å². The van der Waals surface area contributed by atoms with E-state index >= 15 is 0 Å². The number of anilines is 1. The third-order valence-corrected chi connectivity index (χ3v) is 7.76. The summed E-state index contributed by atoms with van der Waals surface area (Å²) < 4.78 is 62.1. The molecule has 0 bridgehead atoms. The Morgan fingerprint density at radius 3 is 2.67 bits per heavy atom. The van der Waals surface area contributed by atoms with E-state index in [2.05, 4.69) is 14.7 Å². The van der Waals surface area contributed by atoms with Crippen LogP contribution >= 0.6 is 11.8 Å². The molecule has 1 saturated heterocycles. The van der Waals surface area contributed by atoms with Crippen LogP contribution in [0, 0.1) is 11.6 Å². The van der Waals surface area contributed by atoms with Crippen LogP contribution in [0.15, 0.2) is 29.4 Å². The van der Waals surface area contributed by atoms with Crippen molar-refractivity contribution in [3.63, 3.8) is 0 Å². The third-order valence-electron chi connectivity index (χ3n) is 5.40. The van der Waals surface area contributed by atoms with Crippen molar-refractivity contribution in [3.8, 4) is 5.88 Å². The highest BCUT2D eigenvalue weighted by Gasteiger charge is 2.49. The summed E-state index contributed by atoms with van der Waals surface area (Å²) in [6, 6.07) is 5.05. The maximum absolute atomic E-state index is 14.0. The molecular formula is C21H28F2N6O5S2. The summed E-state index contributed by atoms with van der Waals surface area (Å²) in [6.45, 7) is 4.73. The van der Waals surface area contributed by atoms with Crippen LogP contribution in [-0.4, -0.2) is 70.2 Å². The van der Waals surface area contributed by atoms with Crippen LogP contribution < -0.4 is 15.2 Å². The highest BCUT2D eigenvalue weighted by molar-refractivity contribution is 7.98. The number of nitrogens with two attached hydrogens (primary N) is 1. The molecule has 1 aliphatic heterocycles. The minimum atomic E-state index is -4.19. The number of amides is 1. The molecule has 4 N–H and O–H groups in total. The third kappa shape index (κ3) is 6.14. The van der Waals surface area contributed by atoms with Crippen LogP contribution in [-0.2, 0) is 16.0 Å². The zero-order valence-corrected chi connectivity index (χ0v) is 21.8. The Labute approximate surface area is 212 Å².